The zero-order valence-corrected chi connectivity index (χ0v) is 31.2. The molecule has 1 atom stereocenters. The smallest absolute Gasteiger partial charge is 0.326 e. The quantitative estimate of drug-likeness (QED) is 0.170. The zero-order valence-electron chi connectivity index (χ0n) is 28.8. The molecule has 2 saturated heterocycles. The van der Waals surface area contributed by atoms with Gasteiger partial charge in [0.05, 0.1) is 28.9 Å². The average Bonchev–Trinajstić information content (AvgIpc) is 3.75. The Morgan fingerprint density at radius 2 is 1.40 bits per heavy atom. The van der Waals surface area contributed by atoms with Crippen LogP contribution in [0.3, 0.4) is 0 Å². The number of piperazine rings is 1. The van der Waals surface area contributed by atoms with Gasteiger partial charge in [0, 0.05) is 41.6 Å². The van der Waals surface area contributed by atoms with Crippen LogP contribution in [0.5, 0.6) is 0 Å². The number of H-pyrrole nitrogens is 1. The van der Waals surface area contributed by atoms with Crippen LogP contribution >= 0.6 is 23.2 Å². The summed E-state index contributed by atoms with van der Waals surface area (Å²) < 4.78 is 28.1. The first-order chi connectivity index (χ1) is 25.6. The summed E-state index contributed by atoms with van der Waals surface area (Å²) in [5.74, 6) is -0.0340. The molecule has 1 aliphatic carbocycles. The van der Waals surface area contributed by atoms with E-state index in [-0.39, 0.29) is 18.4 Å². The molecule has 0 spiro atoms. The molecule has 8 rings (SSSR count). The Bertz CT molecular complexity index is 2260. The first-order valence-corrected chi connectivity index (χ1v) is 20.0. The Kier molecular flexibility index (Phi) is 9.65. The number of hydrogen-bond acceptors (Lipinski definition) is 6. The number of carbonyl (C=O) groups excluding carboxylic acids is 2. The largest absolute Gasteiger partial charge is 0.360 e. The molecule has 13 heteroatoms. The van der Waals surface area contributed by atoms with Gasteiger partial charge in [0.2, 0.25) is 5.91 Å². The van der Waals surface area contributed by atoms with Crippen LogP contribution in [-0.4, -0.2) is 67.3 Å². The third-order valence-electron chi connectivity index (χ3n) is 10.5. The number of aromatic nitrogens is 2. The number of nitrogens with one attached hydrogen (secondary N) is 2. The lowest BCUT2D eigenvalue weighted by molar-refractivity contribution is -0.134. The van der Waals surface area contributed by atoms with Gasteiger partial charge in [-0.15, -0.1) is 0 Å². The number of hydrogen-bond donors (Lipinski definition) is 2. The van der Waals surface area contributed by atoms with Gasteiger partial charge in [0.25, 0.3) is 5.91 Å². The van der Waals surface area contributed by atoms with Crippen LogP contribution < -0.4 is 13.9 Å². The molecule has 5 aromatic rings. The molecule has 2 N–H and O–H groups in total. The standard InChI is InChI=1S/C40H38Cl2N6O4S/c41-30-14-19-34(35(42)22-30)36-23-43-40(44-36)39(29-12-17-33(18-13-29)48-24-37(49)45-53(48,51)52)28-8-6-26(7-9-28)27-10-15-31(16-11-27)46-20-21-47(38(50)25-46)32-4-2-1-3-5-32/h6-19,22-23,32,39H,1-5,20-21,24-25H2,(H,43,44)(H,45,49). The number of nitrogens with zero attached hydrogens (tertiary/aromatic N) is 4. The van der Waals surface area contributed by atoms with Crippen LogP contribution in [0.15, 0.2) is 97.2 Å². The van der Waals surface area contributed by atoms with Crippen molar-refractivity contribution in [3.8, 4) is 22.4 Å². The van der Waals surface area contributed by atoms with E-state index in [9.17, 15) is 18.0 Å². The molecule has 1 saturated carbocycles. The topological polar surface area (TPSA) is 119 Å². The summed E-state index contributed by atoms with van der Waals surface area (Å²) in [5.41, 5.74) is 6.74. The van der Waals surface area contributed by atoms with Gasteiger partial charge in [0.15, 0.2) is 0 Å². The highest BCUT2D eigenvalue weighted by Gasteiger charge is 2.34. The van der Waals surface area contributed by atoms with E-state index in [0.29, 0.717) is 39.8 Å². The highest BCUT2D eigenvalue weighted by Crippen LogP contribution is 2.36. The predicted octanol–water partition coefficient (Wildman–Crippen LogP) is 7.39. The maximum Gasteiger partial charge on any atom is 0.326 e. The van der Waals surface area contributed by atoms with Crippen molar-refractivity contribution < 1.29 is 18.0 Å². The lowest BCUT2D eigenvalue weighted by Crippen LogP contribution is -2.54. The maximum absolute atomic E-state index is 13.1. The summed E-state index contributed by atoms with van der Waals surface area (Å²) in [6, 6.07) is 29.4. The Morgan fingerprint density at radius 1 is 0.755 bits per heavy atom. The van der Waals surface area contributed by atoms with Gasteiger partial charge in [-0.25, -0.2) is 14.0 Å². The van der Waals surface area contributed by atoms with Gasteiger partial charge in [-0.05, 0) is 77.6 Å². The molecule has 0 bridgehead atoms. The average molecular weight is 770 g/mol. The highest BCUT2D eigenvalue weighted by molar-refractivity contribution is 7.92. The molecule has 4 aromatic carbocycles. The van der Waals surface area contributed by atoms with Crippen molar-refractivity contribution in [2.24, 2.45) is 0 Å². The number of amides is 2. The SMILES string of the molecule is O=C1CN(c2ccc(C(c3ccc(-c4ccc(N5CCN(C6CCCCC6)C(=O)C5)cc4)cc3)c3nc(-c4ccc(Cl)cc4Cl)c[nH]3)cc2)S(=O)(=O)N1. The zero-order chi connectivity index (χ0) is 36.7. The lowest BCUT2D eigenvalue weighted by atomic mass is 9.89. The highest BCUT2D eigenvalue weighted by atomic mass is 35.5. The van der Waals surface area contributed by atoms with E-state index in [1.54, 1.807) is 30.5 Å². The number of anilines is 2. The van der Waals surface area contributed by atoms with Gasteiger partial charge in [-0.3, -0.25) is 9.59 Å². The number of rotatable bonds is 8. The monoisotopic (exact) mass is 768 g/mol. The van der Waals surface area contributed by atoms with Crippen LogP contribution in [0.25, 0.3) is 22.4 Å². The number of benzene rings is 4. The van der Waals surface area contributed by atoms with E-state index >= 15 is 0 Å². The molecule has 3 heterocycles. The number of aromatic amines is 1. The second-order valence-electron chi connectivity index (χ2n) is 13.8. The van der Waals surface area contributed by atoms with Gasteiger partial charge < -0.3 is 14.8 Å². The molecule has 10 nitrogen and oxygen atoms in total. The first-order valence-electron chi connectivity index (χ1n) is 17.8. The van der Waals surface area contributed by atoms with Crippen molar-refractivity contribution >= 4 is 56.6 Å². The number of halogens is 2. The molecule has 53 heavy (non-hydrogen) atoms. The molecule has 3 fully saturated rings. The van der Waals surface area contributed by atoms with Crippen LogP contribution in [0.1, 0.15) is 55.0 Å². The van der Waals surface area contributed by atoms with Crippen molar-refractivity contribution in [3.05, 3.63) is 124 Å². The molecule has 2 amide bonds. The molecule has 1 unspecified atom stereocenters. The van der Waals surface area contributed by atoms with Gasteiger partial charge in [-0.1, -0.05) is 91.0 Å². The Labute approximate surface area is 318 Å². The van der Waals surface area contributed by atoms with Crippen LogP contribution in [0.4, 0.5) is 11.4 Å². The molecule has 0 radical (unpaired) electrons. The Morgan fingerprint density at radius 3 is 2.02 bits per heavy atom. The van der Waals surface area contributed by atoms with Crippen molar-refractivity contribution in [3.63, 3.8) is 0 Å². The lowest BCUT2D eigenvalue weighted by Gasteiger charge is -2.41. The predicted molar refractivity (Wildman–Crippen MR) is 209 cm³/mol. The second-order valence-corrected chi connectivity index (χ2v) is 16.3. The minimum Gasteiger partial charge on any atom is -0.360 e. The molecule has 1 aromatic heterocycles. The van der Waals surface area contributed by atoms with Crippen molar-refractivity contribution in [2.75, 3.05) is 35.4 Å². The molecular formula is C40H38Cl2N6O4S. The second kappa shape index (κ2) is 14.5. The van der Waals surface area contributed by atoms with Gasteiger partial charge in [0.1, 0.15) is 12.4 Å². The fraction of sp³-hybridized carbons (Fsp3) is 0.275. The summed E-state index contributed by atoms with van der Waals surface area (Å²) in [4.78, 5) is 37.5. The molecular weight excluding hydrogens is 731 g/mol. The molecule has 2 aliphatic heterocycles. The Hall–Kier alpha value is -4.84. The fourth-order valence-electron chi connectivity index (χ4n) is 7.76. The summed E-state index contributed by atoms with van der Waals surface area (Å²) in [6.45, 7) is 1.75. The van der Waals surface area contributed by atoms with E-state index in [2.05, 4.69) is 63.3 Å². The van der Waals surface area contributed by atoms with Gasteiger partial charge >= 0.3 is 10.2 Å². The first kappa shape index (κ1) is 35.2. The van der Waals surface area contributed by atoms with E-state index in [4.69, 9.17) is 28.2 Å². The Balaban J connectivity index is 1.05. The third-order valence-corrected chi connectivity index (χ3v) is 12.4. The summed E-state index contributed by atoms with van der Waals surface area (Å²) >= 11 is 12.7. The van der Waals surface area contributed by atoms with Crippen molar-refractivity contribution in [1.29, 1.82) is 0 Å². The summed E-state index contributed by atoms with van der Waals surface area (Å²) in [7, 11) is -3.94. The normalized spacial score (nSPS) is 18.3. The van der Waals surface area contributed by atoms with E-state index < -0.39 is 16.1 Å². The van der Waals surface area contributed by atoms with Crippen molar-refractivity contribution in [2.45, 2.75) is 44.1 Å². The minimum atomic E-state index is -3.94. The van der Waals surface area contributed by atoms with Gasteiger partial charge in [-0.2, -0.15) is 8.42 Å². The van der Waals surface area contributed by atoms with E-state index in [1.165, 1.54) is 19.3 Å². The molecule has 272 valence electrons. The molecule has 3 aliphatic rings. The van der Waals surface area contributed by atoms with E-state index in [1.807, 2.05) is 22.9 Å². The minimum absolute atomic E-state index is 0.222. The van der Waals surface area contributed by atoms with Crippen LogP contribution in [0.2, 0.25) is 10.0 Å². The van der Waals surface area contributed by atoms with E-state index in [0.717, 1.165) is 63.7 Å². The summed E-state index contributed by atoms with van der Waals surface area (Å²) in [5, 5.41) is 1.01. The fourth-order valence-corrected chi connectivity index (χ4v) is 9.41. The number of imidazole rings is 1. The summed E-state index contributed by atoms with van der Waals surface area (Å²) in [6.07, 6.45) is 7.76. The number of carbonyl (C=O) groups is 2. The maximum atomic E-state index is 13.1. The van der Waals surface area contributed by atoms with Crippen molar-refractivity contribution in [1.82, 2.24) is 19.6 Å². The third kappa shape index (κ3) is 7.25. The van der Waals surface area contributed by atoms with Crippen LogP contribution in [-0.2, 0) is 19.8 Å². The van der Waals surface area contributed by atoms with Crippen LogP contribution in [0, 0.1) is 0 Å².